The number of para-hydroxylation sites is 3. The molecule has 0 fully saturated rings. The number of aromatic nitrogens is 4. The second kappa shape index (κ2) is 6.37. The number of nitrogens with zero attached hydrogens (tertiary/aromatic N) is 3. The Kier molecular flexibility index (Phi) is 3.92. The maximum atomic E-state index is 5.34. The molecule has 2 heterocycles. The average molecular weight is 338 g/mol. The van der Waals surface area contributed by atoms with Crippen molar-refractivity contribution in [1.82, 2.24) is 20.1 Å². The lowest BCUT2D eigenvalue weighted by Gasteiger charge is -2.02. The van der Waals surface area contributed by atoms with Gasteiger partial charge in [-0.05, 0) is 24.3 Å². The Morgan fingerprint density at radius 1 is 1.08 bits per heavy atom. The largest absolute Gasteiger partial charge is 0.496 e. The highest BCUT2D eigenvalue weighted by atomic mass is 32.2. The van der Waals surface area contributed by atoms with Gasteiger partial charge in [0.15, 0.2) is 5.16 Å². The van der Waals surface area contributed by atoms with E-state index in [1.165, 1.54) is 11.8 Å². The van der Waals surface area contributed by atoms with Gasteiger partial charge < -0.3 is 14.2 Å². The van der Waals surface area contributed by atoms with E-state index in [4.69, 9.17) is 9.26 Å². The molecular weight excluding hydrogens is 324 g/mol. The van der Waals surface area contributed by atoms with Crippen molar-refractivity contribution in [2.75, 3.05) is 7.11 Å². The Morgan fingerprint density at radius 3 is 2.79 bits per heavy atom. The number of rotatable bonds is 5. The van der Waals surface area contributed by atoms with Crippen LogP contribution >= 0.6 is 11.8 Å². The molecule has 0 unspecified atom stereocenters. The summed E-state index contributed by atoms with van der Waals surface area (Å²) in [6.07, 6.45) is 0. The SMILES string of the molecule is COc1ccccc1-c1noc(CSc2nc3ccccc3[nH]2)n1. The topological polar surface area (TPSA) is 76.8 Å². The lowest BCUT2D eigenvalue weighted by Crippen LogP contribution is -1.89. The molecule has 1 N–H and O–H groups in total. The fourth-order valence-electron chi connectivity index (χ4n) is 2.38. The molecule has 2 aromatic heterocycles. The lowest BCUT2D eigenvalue weighted by atomic mass is 10.2. The molecule has 0 aliphatic carbocycles. The van der Waals surface area contributed by atoms with Crippen LogP contribution in [0.5, 0.6) is 5.75 Å². The second-order valence-electron chi connectivity index (χ2n) is 5.06. The Morgan fingerprint density at radius 2 is 1.92 bits per heavy atom. The molecular formula is C17H14N4O2S. The monoisotopic (exact) mass is 338 g/mol. The highest BCUT2D eigenvalue weighted by Crippen LogP contribution is 2.28. The molecule has 0 aliphatic rings. The molecule has 0 amide bonds. The molecule has 0 bridgehead atoms. The molecule has 0 atom stereocenters. The minimum absolute atomic E-state index is 0.521. The maximum Gasteiger partial charge on any atom is 0.237 e. The number of hydrogen-bond donors (Lipinski definition) is 1. The third-order valence-corrected chi connectivity index (χ3v) is 4.37. The van der Waals surface area contributed by atoms with E-state index in [9.17, 15) is 0 Å². The van der Waals surface area contributed by atoms with Crippen LogP contribution in [0.4, 0.5) is 0 Å². The Labute approximate surface area is 142 Å². The second-order valence-corrected chi connectivity index (χ2v) is 6.02. The zero-order valence-corrected chi connectivity index (χ0v) is 13.7. The van der Waals surface area contributed by atoms with Crippen LogP contribution in [0.15, 0.2) is 58.2 Å². The summed E-state index contributed by atoms with van der Waals surface area (Å²) in [5, 5.41) is 4.87. The number of benzene rings is 2. The van der Waals surface area contributed by atoms with Crippen LogP contribution in [0, 0.1) is 0 Å². The van der Waals surface area contributed by atoms with E-state index in [2.05, 4.69) is 20.1 Å². The predicted octanol–water partition coefficient (Wildman–Crippen LogP) is 3.91. The van der Waals surface area contributed by atoms with Crippen LogP contribution < -0.4 is 4.74 Å². The molecule has 0 radical (unpaired) electrons. The molecule has 2 aromatic carbocycles. The zero-order chi connectivity index (χ0) is 16.4. The number of methoxy groups -OCH3 is 1. The number of ether oxygens (including phenoxy) is 1. The van der Waals surface area contributed by atoms with Crippen molar-refractivity contribution in [2.24, 2.45) is 0 Å². The Hall–Kier alpha value is -2.80. The van der Waals surface area contributed by atoms with E-state index in [-0.39, 0.29) is 0 Å². The van der Waals surface area contributed by atoms with Crippen molar-refractivity contribution in [3.63, 3.8) is 0 Å². The number of imidazole rings is 1. The summed E-state index contributed by atoms with van der Waals surface area (Å²) < 4.78 is 10.7. The van der Waals surface area contributed by atoms with E-state index in [0.717, 1.165) is 27.5 Å². The molecule has 7 heteroatoms. The molecule has 0 saturated carbocycles. The first kappa shape index (κ1) is 14.8. The summed E-state index contributed by atoms with van der Waals surface area (Å²) in [6.45, 7) is 0. The van der Waals surface area contributed by atoms with Gasteiger partial charge >= 0.3 is 0 Å². The van der Waals surface area contributed by atoms with Crippen LogP contribution in [-0.2, 0) is 5.75 Å². The smallest absolute Gasteiger partial charge is 0.237 e. The van der Waals surface area contributed by atoms with Gasteiger partial charge in [-0.15, -0.1) is 0 Å². The Balaban J connectivity index is 1.51. The van der Waals surface area contributed by atoms with E-state index in [1.54, 1.807) is 7.11 Å². The van der Waals surface area contributed by atoms with Gasteiger partial charge in [0, 0.05) is 0 Å². The first-order valence-electron chi connectivity index (χ1n) is 7.37. The van der Waals surface area contributed by atoms with Crippen LogP contribution in [0.2, 0.25) is 0 Å². The highest BCUT2D eigenvalue weighted by Gasteiger charge is 2.13. The predicted molar refractivity (Wildman–Crippen MR) is 91.9 cm³/mol. The maximum absolute atomic E-state index is 5.34. The van der Waals surface area contributed by atoms with Crippen LogP contribution in [-0.4, -0.2) is 27.2 Å². The third kappa shape index (κ3) is 2.85. The first-order chi connectivity index (χ1) is 11.8. The molecule has 0 spiro atoms. The summed E-state index contributed by atoms with van der Waals surface area (Å²) in [4.78, 5) is 12.2. The van der Waals surface area contributed by atoms with Gasteiger partial charge in [0.2, 0.25) is 11.7 Å². The number of H-pyrrole nitrogens is 1. The van der Waals surface area contributed by atoms with Gasteiger partial charge in [-0.3, -0.25) is 0 Å². The fourth-order valence-corrected chi connectivity index (χ4v) is 3.10. The number of thioether (sulfide) groups is 1. The van der Waals surface area contributed by atoms with E-state index in [0.29, 0.717) is 17.5 Å². The normalized spacial score (nSPS) is 11.0. The molecule has 6 nitrogen and oxygen atoms in total. The summed E-state index contributed by atoms with van der Waals surface area (Å²) >= 11 is 1.52. The van der Waals surface area contributed by atoms with Crippen molar-refractivity contribution in [3.8, 4) is 17.1 Å². The Bertz CT molecular complexity index is 946. The van der Waals surface area contributed by atoms with Gasteiger partial charge in [0.25, 0.3) is 0 Å². The lowest BCUT2D eigenvalue weighted by molar-refractivity contribution is 0.390. The highest BCUT2D eigenvalue weighted by molar-refractivity contribution is 7.98. The van der Waals surface area contributed by atoms with Crippen molar-refractivity contribution >= 4 is 22.8 Å². The van der Waals surface area contributed by atoms with E-state index >= 15 is 0 Å². The number of aromatic amines is 1. The van der Waals surface area contributed by atoms with Crippen LogP contribution in [0.3, 0.4) is 0 Å². The molecule has 4 aromatic rings. The molecule has 0 saturated heterocycles. The molecule has 24 heavy (non-hydrogen) atoms. The van der Waals surface area contributed by atoms with Crippen molar-refractivity contribution in [3.05, 3.63) is 54.4 Å². The van der Waals surface area contributed by atoms with Crippen LogP contribution in [0.1, 0.15) is 5.89 Å². The van der Waals surface area contributed by atoms with Crippen molar-refractivity contribution < 1.29 is 9.26 Å². The van der Waals surface area contributed by atoms with Gasteiger partial charge in [0.1, 0.15) is 5.75 Å². The van der Waals surface area contributed by atoms with Crippen molar-refractivity contribution in [1.29, 1.82) is 0 Å². The summed E-state index contributed by atoms with van der Waals surface area (Å²) in [5.74, 6) is 2.32. The molecule has 0 aliphatic heterocycles. The number of fused-ring (bicyclic) bond motifs is 1. The molecule has 4 rings (SSSR count). The standard InChI is InChI=1S/C17H14N4O2S/c1-22-14-9-5-2-6-11(14)16-20-15(23-21-16)10-24-17-18-12-7-3-4-8-13(12)19-17/h2-9H,10H2,1H3,(H,18,19). The van der Waals surface area contributed by atoms with E-state index < -0.39 is 0 Å². The van der Waals surface area contributed by atoms with Crippen LogP contribution in [0.25, 0.3) is 22.4 Å². The molecule has 120 valence electrons. The quantitative estimate of drug-likeness (QED) is 0.556. The fraction of sp³-hybridized carbons (Fsp3) is 0.118. The summed E-state index contributed by atoms with van der Waals surface area (Å²) in [5.41, 5.74) is 2.77. The van der Waals surface area contributed by atoms with Crippen molar-refractivity contribution in [2.45, 2.75) is 10.9 Å². The van der Waals surface area contributed by atoms with Gasteiger partial charge in [-0.25, -0.2) is 4.98 Å². The van der Waals surface area contributed by atoms with Gasteiger partial charge in [-0.2, -0.15) is 4.98 Å². The zero-order valence-electron chi connectivity index (χ0n) is 12.9. The van der Waals surface area contributed by atoms with Gasteiger partial charge in [0.05, 0.1) is 29.5 Å². The average Bonchev–Trinajstić information content (AvgIpc) is 3.26. The minimum atomic E-state index is 0.521. The number of nitrogens with one attached hydrogen (secondary N) is 1. The summed E-state index contributed by atoms with van der Waals surface area (Å²) in [7, 11) is 1.62. The number of hydrogen-bond acceptors (Lipinski definition) is 6. The third-order valence-electron chi connectivity index (χ3n) is 3.52. The first-order valence-corrected chi connectivity index (χ1v) is 8.35. The van der Waals surface area contributed by atoms with E-state index in [1.807, 2.05) is 48.5 Å². The summed E-state index contributed by atoms with van der Waals surface area (Å²) in [6, 6.07) is 15.5. The minimum Gasteiger partial charge on any atom is -0.496 e. The van der Waals surface area contributed by atoms with Gasteiger partial charge in [-0.1, -0.05) is 41.2 Å².